The normalized spacial score (nSPS) is 21.3. The van der Waals surface area contributed by atoms with Crippen LogP contribution in [0.15, 0.2) is 71.7 Å². The molecule has 5 rings (SSSR count). The molecule has 3 aromatic rings. The molecule has 1 unspecified atom stereocenters. The number of aliphatic hydroxyl groups is 1. The highest BCUT2D eigenvalue weighted by Gasteiger charge is 2.45. The Labute approximate surface area is 250 Å². The molecule has 41 heavy (non-hydrogen) atoms. The van der Waals surface area contributed by atoms with Crippen molar-refractivity contribution in [3.05, 3.63) is 93.5 Å². The first kappa shape index (κ1) is 29.2. The van der Waals surface area contributed by atoms with Crippen LogP contribution in [0.2, 0.25) is 10.0 Å². The maximum atomic E-state index is 14.5. The van der Waals surface area contributed by atoms with E-state index in [1.165, 1.54) is 0 Å². The van der Waals surface area contributed by atoms with Crippen molar-refractivity contribution < 1.29 is 19.4 Å². The molecule has 8 nitrogen and oxygen atoms in total. The molecule has 0 aromatic heterocycles. The SMILES string of the molecule is COc1ccc(C2=N[C@@H](c3ccc(Cl)cc3)[C@@H](c3ccc(Cl)cc3)N2C(=O)N2CCN(C)C(O)C2)c(OC(C)C)c1. The van der Waals surface area contributed by atoms with E-state index in [4.69, 9.17) is 37.7 Å². The number of amidine groups is 1. The van der Waals surface area contributed by atoms with Crippen molar-refractivity contribution in [2.45, 2.75) is 38.3 Å². The maximum absolute atomic E-state index is 14.5. The van der Waals surface area contributed by atoms with Crippen LogP contribution in [0.1, 0.15) is 42.6 Å². The Hall–Kier alpha value is -3.30. The molecule has 216 valence electrons. The lowest BCUT2D eigenvalue weighted by Gasteiger charge is -2.40. The molecule has 1 fully saturated rings. The van der Waals surface area contributed by atoms with Crippen molar-refractivity contribution in [1.82, 2.24) is 14.7 Å². The second-order valence-electron chi connectivity index (χ2n) is 10.5. The fraction of sp³-hybridized carbons (Fsp3) is 0.355. The van der Waals surface area contributed by atoms with Crippen LogP contribution in [0.25, 0.3) is 0 Å². The monoisotopic (exact) mass is 596 g/mol. The molecule has 3 atom stereocenters. The number of urea groups is 1. The Bertz CT molecular complexity index is 1410. The zero-order valence-corrected chi connectivity index (χ0v) is 25.0. The molecule has 10 heteroatoms. The van der Waals surface area contributed by atoms with E-state index in [-0.39, 0.29) is 18.7 Å². The number of likely N-dealkylation sites (N-methyl/N-ethyl adjacent to an activating group) is 1. The van der Waals surface area contributed by atoms with Gasteiger partial charge in [-0.2, -0.15) is 0 Å². The number of rotatable bonds is 6. The number of β-amino-alcohol motifs (C(OH)–C–C–N with tert-alkyl or cyclic N) is 1. The zero-order chi connectivity index (χ0) is 29.3. The summed E-state index contributed by atoms with van der Waals surface area (Å²) in [7, 11) is 3.44. The number of halogens is 2. The van der Waals surface area contributed by atoms with E-state index in [1.54, 1.807) is 16.9 Å². The van der Waals surface area contributed by atoms with Crippen LogP contribution in [0.3, 0.4) is 0 Å². The second kappa shape index (κ2) is 12.3. The Morgan fingerprint density at radius 1 is 0.976 bits per heavy atom. The second-order valence-corrected chi connectivity index (χ2v) is 11.4. The number of benzene rings is 3. The van der Waals surface area contributed by atoms with Crippen LogP contribution in [0, 0.1) is 0 Å². The Balaban J connectivity index is 1.69. The summed E-state index contributed by atoms with van der Waals surface area (Å²) in [4.78, 5) is 25.0. The molecule has 0 aliphatic carbocycles. The Kier molecular flexibility index (Phi) is 8.75. The van der Waals surface area contributed by atoms with Gasteiger partial charge in [-0.25, -0.2) is 4.79 Å². The van der Waals surface area contributed by atoms with Crippen LogP contribution in [0.5, 0.6) is 11.5 Å². The van der Waals surface area contributed by atoms with Gasteiger partial charge in [0.2, 0.25) is 0 Å². The highest BCUT2D eigenvalue weighted by Crippen LogP contribution is 2.46. The first-order valence-electron chi connectivity index (χ1n) is 13.6. The van der Waals surface area contributed by atoms with E-state index in [2.05, 4.69) is 0 Å². The molecule has 0 spiro atoms. The largest absolute Gasteiger partial charge is 0.497 e. The quantitative estimate of drug-likeness (QED) is 0.376. The van der Waals surface area contributed by atoms with Crippen molar-refractivity contribution in [3.63, 3.8) is 0 Å². The molecule has 0 saturated carbocycles. The van der Waals surface area contributed by atoms with Gasteiger partial charge in [-0.15, -0.1) is 0 Å². The zero-order valence-electron chi connectivity index (χ0n) is 23.5. The maximum Gasteiger partial charge on any atom is 0.326 e. The van der Waals surface area contributed by atoms with Gasteiger partial charge in [-0.05, 0) is 68.4 Å². The van der Waals surface area contributed by atoms with Crippen molar-refractivity contribution >= 4 is 35.1 Å². The van der Waals surface area contributed by atoms with Crippen molar-refractivity contribution in [2.75, 3.05) is 33.8 Å². The van der Waals surface area contributed by atoms with Gasteiger partial charge in [0.25, 0.3) is 0 Å². The summed E-state index contributed by atoms with van der Waals surface area (Å²) in [5.41, 5.74) is 2.44. The van der Waals surface area contributed by atoms with E-state index in [0.29, 0.717) is 46.0 Å². The number of piperazine rings is 1. The topological polar surface area (TPSA) is 77.8 Å². The number of carbonyl (C=O) groups excluding carboxylic acids is 1. The van der Waals surface area contributed by atoms with Crippen LogP contribution in [-0.4, -0.2) is 77.8 Å². The molecule has 0 bridgehead atoms. The number of aliphatic hydroxyl groups excluding tert-OH is 1. The number of hydrogen-bond donors (Lipinski definition) is 1. The molecule has 0 radical (unpaired) electrons. The molecule has 2 amide bonds. The van der Waals surface area contributed by atoms with Gasteiger partial charge < -0.3 is 19.5 Å². The number of carbonyl (C=O) groups is 1. The predicted octanol–water partition coefficient (Wildman–Crippen LogP) is 6.02. The van der Waals surface area contributed by atoms with Crippen molar-refractivity contribution in [3.8, 4) is 11.5 Å². The summed E-state index contributed by atoms with van der Waals surface area (Å²) in [6.07, 6.45) is -0.892. The standard InChI is InChI=1S/C31H34Cl2N4O4/c1-19(2)41-26-17-24(40-4)13-14-25(26)30-34-28(20-5-9-22(32)10-6-20)29(21-7-11-23(33)12-8-21)37(30)31(39)36-16-15-35(3)27(38)18-36/h5-14,17,19,27-29,38H,15-16,18H2,1-4H3/t27?,28-,29+/m0/s1. The smallest absolute Gasteiger partial charge is 0.326 e. The third kappa shape index (κ3) is 6.16. The Morgan fingerprint density at radius 3 is 2.20 bits per heavy atom. The minimum absolute atomic E-state index is 0.126. The average Bonchev–Trinajstić information content (AvgIpc) is 3.34. The van der Waals surface area contributed by atoms with Gasteiger partial charge in [-0.1, -0.05) is 47.5 Å². The third-order valence-electron chi connectivity index (χ3n) is 7.37. The summed E-state index contributed by atoms with van der Waals surface area (Å²) in [6.45, 7) is 5.08. The minimum atomic E-state index is -0.766. The highest BCUT2D eigenvalue weighted by molar-refractivity contribution is 6.30. The first-order valence-corrected chi connectivity index (χ1v) is 14.3. The summed E-state index contributed by atoms with van der Waals surface area (Å²) in [5, 5.41) is 11.8. The van der Waals surface area contributed by atoms with Crippen LogP contribution in [-0.2, 0) is 0 Å². The van der Waals surface area contributed by atoms with Gasteiger partial charge >= 0.3 is 6.03 Å². The summed E-state index contributed by atoms with van der Waals surface area (Å²) < 4.78 is 11.7. The molecular formula is C31H34Cl2N4O4. The van der Waals surface area contributed by atoms with E-state index in [9.17, 15) is 9.90 Å². The van der Waals surface area contributed by atoms with Gasteiger partial charge in [0.05, 0.1) is 31.4 Å². The van der Waals surface area contributed by atoms with Crippen molar-refractivity contribution in [2.24, 2.45) is 4.99 Å². The number of nitrogens with zero attached hydrogens (tertiary/aromatic N) is 4. The molecule has 3 aromatic carbocycles. The average molecular weight is 598 g/mol. The van der Waals surface area contributed by atoms with E-state index >= 15 is 0 Å². The number of ether oxygens (including phenoxy) is 2. The predicted molar refractivity (Wildman–Crippen MR) is 161 cm³/mol. The summed E-state index contributed by atoms with van der Waals surface area (Å²) >= 11 is 12.5. The number of methoxy groups -OCH3 is 1. The lowest BCUT2D eigenvalue weighted by Crippen LogP contribution is -2.57. The van der Waals surface area contributed by atoms with Crippen LogP contribution in [0.4, 0.5) is 4.79 Å². The van der Waals surface area contributed by atoms with Crippen molar-refractivity contribution in [1.29, 1.82) is 0 Å². The minimum Gasteiger partial charge on any atom is -0.497 e. The van der Waals surface area contributed by atoms with E-state index < -0.39 is 18.3 Å². The first-order chi connectivity index (χ1) is 19.7. The highest BCUT2D eigenvalue weighted by atomic mass is 35.5. The summed E-state index contributed by atoms with van der Waals surface area (Å²) in [6, 6.07) is 19.3. The third-order valence-corrected chi connectivity index (χ3v) is 7.88. The molecule has 1 N–H and O–H groups in total. The fourth-order valence-corrected chi connectivity index (χ4v) is 5.45. The van der Waals surface area contributed by atoms with Crippen LogP contribution < -0.4 is 9.47 Å². The fourth-order valence-electron chi connectivity index (χ4n) is 5.20. The van der Waals surface area contributed by atoms with Gasteiger partial charge in [0, 0.05) is 29.2 Å². The molecule has 2 heterocycles. The molecular weight excluding hydrogens is 563 g/mol. The van der Waals surface area contributed by atoms with Crippen LogP contribution >= 0.6 is 23.2 Å². The number of amides is 2. The Morgan fingerprint density at radius 2 is 1.61 bits per heavy atom. The van der Waals surface area contributed by atoms with Gasteiger partial charge in [0.15, 0.2) is 0 Å². The lowest BCUT2D eigenvalue weighted by atomic mass is 9.93. The lowest BCUT2D eigenvalue weighted by molar-refractivity contribution is -0.0315. The van der Waals surface area contributed by atoms with Gasteiger partial charge in [0.1, 0.15) is 29.6 Å². The summed E-state index contributed by atoms with van der Waals surface area (Å²) in [5.74, 6) is 1.66. The van der Waals surface area contributed by atoms with E-state index in [1.807, 2.05) is 92.5 Å². The number of aliphatic imine (C=N–C) groups is 1. The van der Waals surface area contributed by atoms with E-state index in [0.717, 1.165) is 11.1 Å². The molecule has 1 saturated heterocycles. The van der Waals surface area contributed by atoms with Gasteiger partial charge in [-0.3, -0.25) is 14.8 Å². The molecule has 2 aliphatic rings. The number of hydrogen-bond acceptors (Lipinski definition) is 6. The molecule has 2 aliphatic heterocycles.